The monoisotopic (exact) mass is 165 g/mol. The van der Waals surface area contributed by atoms with E-state index in [2.05, 4.69) is 15.3 Å². The second-order valence-electron chi connectivity index (χ2n) is 2.88. The standard InChI is InChI=1S/C9H15N3/c1-7-9(4-5-10-3)8(2)12-6-11-7/h6,10H,4-5H2,1-3H3. The van der Waals surface area contributed by atoms with Crippen molar-refractivity contribution in [1.82, 2.24) is 15.3 Å². The summed E-state index contributed by atoms with van der Waals surface area (Å²) < 4.78 is 0. The summed E-state index contributed by atoms with van der Waals surface area (Å²) in [6.07, 6.45) is 2.63. The second kappa shape index (κ2) is 4.16. The number of nitrogens with one attached hydrogen (secondary N) is 1. The van der Waals surface area contributed by atoms with Crippen molar-refractivity contribution < 1.29 is 0 Å². The Bertz CT molecular complexity index is 238. The first kappa shape index (κ1) is 9.13. The van der Waals surface area contributed by atoms with E-state index in [1.54, 1.807) is 6.33 Å². The molecular weight excluding hydrogens is 150 g/mol. The van der Waals surface area contributed by atoms with Crippen LogP contribution in [0.3, 0.4) is 0 Å². The van der Waals surface area contributed by atoms with E-state index in [0.717, 1.165) is 24.4 Å². The van der Waals surface area contributed by atoms with Gasteiger partial charge in [0.2, 0.25) is 0 Å². The van der Waals surface area contributed by atoms with Gasteiger partial charge in [-0.25, -0.2) is 9.97 Å². The molecule has 0 amide bonds. The van der Waals surface area contributed by atoms with Gasteiger partial charge in [-0.05, 0) is 39.4 Å². The van der Waals surface area contributed by atoms with E-state index in [0.29, 0.717) is 0 Å². The van der Waals surface area contributed by atoms with Crippen LogP contribution in [-0.4, -0.2) is 23.6 Å². The van der Waals surface area contributed by atoms with Crippen LogP contribution in [0.25, 0.3) is 0 Å². The topological polar surface area (TPSA) is 37.8 Å². The van der Waals surface area contributed by atoms with Crippen molar-refractivity contribution in [1.29, 1.82) is 0 Å². The first-order chi connectivity index (χ1) is 5.75. The Labute approximate surface area is 73.2 Å². The van der Waals surface area contributed by atoms with Gasteiger partial charge in [0, 0.05) is 11.4 Å². The van der Waals surface area contributed by atoms with Crippen LogP contribution in [-0.2, 0) is 6.42 Å². The zero-order chi connectivity index (χ0) is 8.97. The number of rotatable bonds is 3. The molecule has 1 rings (SSSR count). The van der Waals surface area contributed by atoms with Crippen molar-refractivity contribution in [2.45, 2.75) is 20.3 Å². The van der Waals surface area contributed by atoms with Crippen LogP contribution >= 0.6 is 0 Å². The molecule has 0 aromatic carbocycles. The van der Waals surface area contributed by atoms with Crippen molar-refractivity contribution >= 4 is 0 Å². The van der Waals surface area contributed by atoms with Crippen molar-refractivity contribution in [3.8, 4) is 0 Å². The minimum absolute atomic E-state index is 0.981. The third-order valence-corrected chi connectivity index (χ3v) is 2.00. The molecule has 0 atom stereocenters. The lowest BCUT2D eigenvalue weighted by molar-refractivity contribution is 0.773. The lowest BCUT2D eigenvalue weighted by Gasteiger charge is -2.06. The molecule has 3 nitrogen and oxygen atoms in total. The number of nitrogens with zero attached hydrogens (tertiary/aromatic N) is 2. The molecule has 1 aromatic rings. The molecule has 0 saturated carbocycles. The highest BCUT2D eigenvalue weighted by Crippen LogP contribution is 2.07. The van der Waals surface area contributed by atoms with E-state index in [9.17, 15) is 0 Å². The molecule has 1 heterocycles. The molecule has 0 aliphatic rings. The molecule has 0 aliphatic carbocycles. The summed E-state index contributed by atoms with van der Waals surface area (Å²) in [5.74, 6) is 0. The summed E-state index contributed by atoms with van der Waals surface area (Å²) in [6, 6.07) is 0. The normalized spacial score (nSPS) is 10.2. The lowest BCUT2D eigenvalue weighted by atomic mass is 10.1. The maximum Gasteiger partial charge on any atom is 0.115 e. The molecule has 0 bridgehead atoms. The molecule has 3 heteroatoms. The molecule has 0 aliphatic heterocycles. The van der Waals surface area contributed by atoms with Crippen LogP contribution in [0.15, 0.2) is 6.33 Å². The fourth-order valence-corrected chi connectivity index (χ4v) is 1.23. The molecule has 0 radical (unpaired) electrons. The summed E-state index contributed by atoms with van der Waals surface area (Å²) in [7, 11) is 1.95. The average molecular weight is 165 g/mol. The predicted molar refractivity (Wildman–Crippen MR) is 49.1 cm³/mol. The van der Waals surface area contributed by atoms with E-state index in [1.165, 1.54) is 5.56 Å². The summed E-state index contributed by atoms with van der Waals surface area (Å²) >= 11 is 0. The van der Waals surface area contributed by atoms with Gasteiger partial charge >= 0.3 is 0 Å². The van der Waals surface area contributed by atoms with Gasteiger partial charge in [0.1, 0.15) is 6.33 Å². The largest absolute Gasteiger partial charge is 0.319 e. The Morgan fingerprint density at radius 2 is 1.83 bits per heavy atom. The molecule has 66 valence electrons. The first-order valence-corrected chi connectivity index (χ1v) is 4.17. The van der Waals surface area contributed by atoms with Crippen LogP contribution in [0.4, 0.5) is 0 Å². The fraction of sp³-hybridized carbons (Fsp3) is 0.556. The molecule has 0 spiro atoms. The predicted octanol–water partition coefficient (Wildman–Crippen LogP) is 0.855. The maximum absolute atomic E-state index is 4.15. The van der Waals surface area contributed by atoms with E-state index in [1.807, 2.05) is 20.9 Å². The van der Waals surface area contributed by atoms with Gasteiger partial charge in [-0.2, -0.15) is 0 Å². The number of aryl methyl sites for hydroxylation is 2. The van der Waals surface area contributed by atoms with Gasteiger partial charge in [0.25, 0.3) is 0 Å². The summed E-state index contributed by atoms with van der Waals surface area (Å²) in [5.41, 5.74) is 3.46. The fourth-order valence-electron chi connectivity index (χ4n) is 1.23. The molecule has 12 heavy (non-hydrogen) atoms. The highest BCUT2D eigenvalue weighted by molar-refractivity contribution is 5.22. The highest BCUT2D eigenvalue weighted by Gasteiger charge is 2.02. The van der Waals surface area contributed by atoms with Gasteiger partial charge in [-0.15, -0.1) is 0 Å². The lowest BCUT2D eigenvalue weighted by Crippen LogP contribution is -2.12. The Balaban J connectivity index is 2.81. The van der Waals surface area contributed by atoms with E-state index in [4.69, 9.17) is 0 Å². The quantitative estimate of drug-likeness (QED) is 0.721. The molecule has 1 N–H and O–H groups in total. The first-order valence-electron chi connectivity index (χ1n) is 4.17. The Morgan fingerprint density at radius 1 is 1.25 bits per heavy atom. The highest BCUT2D eigenvalue weighted by atomic mass is 14.8. The van der Waals surface area contributed by atoms with E-state index in [-0.39, 0.29) is 0 Å². The SMILES string of the molecule is CNCCc1c(C)ncnc1C. The van der Waals surface area contributed by atoms with Crippen LogP contribution in [0, 0.1) is 13.8 Å². The molecule has 0 unspecified atom stereocenters. The number of aromatic nitrogens is 2. The van der Waals surface area contributed by atoms with Crippen molar-refractivity contribution in [2.24, 2.45) is 0 Å². The molecular formula is C9H15N3. The smallest absolute Gasteiger partial charge is 0.115 e. The third-order valence-electron chi connectivity index (χ3n) is 2.00. The van der Waals surface area contributed by atoms with E-state index < -0.39 is 0 Å². The van der Waals surface area contributed by atoms with Crippen molar-refractivity contribution in [2.75, 3.05) is 13.6 Å². The number of likely N-dealkylation sites (N-methyl/N-ethyl adjacent to an activating group) is 1. The van der Waals surface area contributed by atoms with E-state index >= 15 is 0 Å². The van der Waals surface area contributed by atoms with Gasteiger partial charge in [0.15, 0.2) is 0 Å². The summed E-state index contributed by atoms with van der Waals surface area (Å²) in [5, 5.41) is 3.12. The number of hydrogen-bond acceptors (Lipinski definition) is 3. The Morgan fingerprint density at radius 3 is 2.33 bits per heavy atom. The maximum atomic E-state index is 4.15. The van der Waals surface area contributed by atoms with Crippen LogP contribution in [0.2, 0.25) is 0 Å². The van der Waals surface area contributed by atoms with Gasteiger partial charge in [-0.3, -0.25) is 0 Å². The average Bonchev–Trinajstić information content (AvgIpc) is 2.04. The second-order valence-corrected chi connectivity index (χ2v) is 2.88. The van der Waals surface area contributed by atoms with Crippen molar-refractivity contribution in [3.63, 3.8) is 0 Å². The third kappa shape index (κ3) is 2.01. The summed E-state index contributed by atoms with van der Waals surface area (Å²) in [6.45, 7) is 5.04. The summed E-state index contributed by atoms with van der Waals surface area (Å²) in [4.78, 5) is 8.31. The van der Waals surface area contributed by atoms with Crippen LogP contribution < -0.4 is 5.32 Å². The Hall–Kier alpha value is -0.960. The minimum Gasteiger partial charge on any atom is -0.319 e. The molecule has 1 aromatic heterocycles. The molecule has 0 saturated heterocycles. The molecule has 0 fully saturated rings. The van der Waals surface area contributed by atoms with Crippen LogP contribution in [0.5, 0.6) is 0 Å². The van der Waals surface area contributed by atoms with Crippen molar-refractivity contribution in [3.05, 3.63) is 23.3 Å². The zero-order valence-electron chi connectivity index (χ0n) is 7.89. The van der Waals surface area contributed by atoms with Gasteiger partial charge in [-0.1, -0.05) is 0 Å². The Kier molecular flexibility index (Phi) is 3.17. The number of hydrogen-bond donors (Lipinski definition) is 1. The van der Waals surface area contributed by atoms with Crippen LogP contribution in [0.1, 0.15) is 17.0 Å². The minimum atomic E-state index is 0.981. The van der Waals surface area contributed by atoms with Gasteiger partial charge < -0.3 is 5.32 Å². The van der Waals surface area contributed by atoms with Gasteiger partial charge in [0.05, 0.1) is 0 Å². The zero-order valence-corrected chi connectivity index (χ0v) is 7.89.